The summed E-state index contributed by atoms with van der Waals surface area (Å²) in [5.74, 6) is -0.176. The van der Waals surface area contributed by atoms with E-state index in [-0.39, 0.29) is 5.88 Å². The molecule has 1 heterocycles. The molecule has 0 radical (unpaired) electrons. The van der Waals surface area contributed by atoms with E-state index in [1.165, 1.54) is 6.92 Å². The van der Waals surface area contributed by atoms with E-state index in [0.717, 1.165) is 0 Å². The Morgan fingerprint density at radius 3 is 2.91 bits per heavy atom. The van der Waals surface area contributed by atoms with Crippen LogP contribution in [-0.2, 0) is 4.79 Å². The van der Waals surface area contributed by atoms with Gasteiger partial charge in [-0.05, 0) is 6.07 Å². The fourth-order valence-electron chi connectivity index (χ4n) is 0.594. The topological polar surface area (TPSA) is 39.2 Å². The third-order valence-corrected chi connectivity index (χ3v) is 1.15. The second-order valence-electron chi connectivity index (χ2n) is 1.89. The number of carbonyl (C=O) groups is 1. The molecule has 1 rings (SSSR count). The number of ether oxygens (including phenoxy) is 1. The second-order valence-corrected chi connectivity index (χ2v) is 2.28. The third-order valence-electron chi connectivity index (χ3n) is 0.938. The number of pyridine rings is 1. The van der Waals surface area contributed by atoms with Crippen molar-refractivity contribution in [3.8, 4) is 5.88 Å². The predicted octanol–water partition coefficient (Wildman–Crippen LogP) is 1.66. The lowest BCUT2D eigenvalue weighted by molar-refractivity contribution is -0.132. The van der Waals surface area contributed by atoms with E-state index < -0.39 is 5.97 Å². The number of carbonyl (C=O) groups excluding carboxylic acids is 1. The minimum Gasteiger partial charge on any atom is -0.408 e. The summed E-state index contributed by atoms with van der Waals surface area (Å²) >= 11 is 5.53. The van der Waals surface area contributed by atoms with Gasteiger partial charge in [-0.25, -0.2) is 4.98 Å². The Morgan fingerprint density at radius 1 is 1.64 bits per heavy atom. The van der Waals surface area contributed by atoms with Gasteiger partial charge in [-0.15, -0.1) is 0 Å². The highest BCUT2D eigenvalue weighted by atomic mass is 35.5. The van der Waals surface area contributed by atoms with E-state index in [2.05, 4.69) is 9.72 Å². The molecule has 0 unspecified atom stereocenters. The van der Waals surface area contributed by atoms with Crippen LogP contribution in [0.3, 0.4) is 0 Å². The van der Waals surface area contributed by atoms with Crippen molar-refractivity contribution in [1.82, 2.24) is 4.98 Å². The standard InChI is InChI=1S/C7H6ClNO2/c1-5(10)11-7-4-2-3-6(8)9-7/h2-4H,1H3. The number of rotatable bonds is 1. The van der Waals surface area contributed by atoms with Crippen molar-refractivity contribution in [2.24, 2.45) is 0 Å². The quantitative estimate of drug-likeness (QED) is 0.477. The largest absolute Gasteiger partial charge is 0.408 e. The lowest BCUT2D eigenvalue weighted by atomic mass is 10.5. The van der Waals surface area contributed by atoms with Gasteiger partial charge in [0.2, 0.25) is 5.88 Å². The van der Waals surface area contributed by atoms with Gasteiger partial charge in [-0.3, -0.25) is 4.79 Å². The molecule has 0 fully saturated rings. The summed E-state index contributed by atoms with van der Waals surface area (Å²) in [5.41, 5.74) is 0. The smallest absolute Gasteiger partial charge is 0.309 e. The van der Waals surface area contributed by atoms with Crippen LogP contribution in [0.1, 0.15) is 6.92 Å². The van der Waals surface area contributed by atoms with Crippen molar-refractivity contribution in [3.63, 3.8) is 0 Å². The van der Waals surface area contributed by atoms with E-state index in [1.54, 1.807) is 18.2 Å². The lowest BCUT2D eigenvalue weighted by Gasteiger charge is -1.97. The lowest BCUT2D eigenvalue weighted by Crippen LogP contribution is -2.02. The number of halogens is 1. The fourth-order valence-corrected chi connectivity index (χ4v) is 0.750. The van der Waals surface area contributed by atoms with Gasteiger partial charge >= 0.3 is 5.97 Å². The molecule has 1 aromatic heterocycles. The van der Waals surface area contributed by atoms with Crippen molar-refractivity contribution < 1.29 is 9.53 Å². The molecule has 0 aliphatic heterocycles. The summed E-state index contributed by atoms with van der Waals surface area (Å²) in [7, 11) is 0. The van der Waals surface area contributed by atoms with E-state index in [1.807, 2.05) is 0 Å². The summed E-state index contributed by atoms with van der Waals surface area (Å²) in [5, 5.41) is 0.309. The molecule has 58 valence electrons. The summed E-state index contributed by atoms with van der Waals surface area (Å²) in [6.45, 7) is 1.31. The summed E-state index contributed by atoms with van der Waals surface area (Å²) < 4.78 is 4.66. The molecule has 0 spiro atoms. The summed E-state index contributed by atoms with van der Waals surface area (Å²) in [4.78, 5) is 14.2. The zero-order valence-corrected chi connectivity index (χ0v) is 6.63. The molecule has 1 aromatic rings. The molecule has 0 saturated heterocycles. The monoisotopic (exact) mass is 171 g/mol. The van der Waals surface area contributed by atoms with Crippen molar-refractivity contribution in [3.05, 3.63) is 23.4 Å². The Morgan fingerprint density at radius 2 is 2.36 bits per heavy atom. The Kier molecular flexibility index (Phi) is 2.44. The van der Waals surface area contributed by atoms with Crippen LogP contribution < -0.4 is 4.74 Å². The van der Waals surface area contributed by atoms with Gasteiger partial charge in [0.25, 0.3) is 0 Å². The van der Waals surface area contributed by atoms with Crippen LogP contribution in [0.15, 0.2) is 18.2 Å². The van der Waals surface area contributed by atoms with Crippen molar-refractivity contribution >= 4 is 17.6 Å². The molecule has 0 N–H and O–H groups in total. The SMILES string of the molecule is CC(=O)Oc1cccc(Cl)n1. The first-order valence-corrected chi connectivity index (χ1v) is 3.37. The van der Waals surface area contributed by atoms with Crippen molar-refractivity contribution in [2.45, 2.75) is 6.92 Å². The molecule has 0 atom stereocenters. The van der Waals surface area contributed by atoms with Crippen LogP contribution in [0.25, 0.3) is 0 Å². The normalized spacial score (nSPS) is 9.27. The van der Waals surface area contributed by atoms with Gasteiger partial charge in [-0.1, -0.05) is 17.7 Å². The maximum atomic E-state index is 10.4. The molecule has 0 aliphatic rings. The number of hydrogen-bond acceptors (Lipinski definition) is 3. The Balaban J connectivity index is 2.79. The minimum atomic E-state index is -0.403. The molecule has 0 amide bonds. The first kappa shape index (κ1) is 8.01. The first-order chi connectivity index (χ1) is 5.18. The van der Waals surface area contributed by atoms with Gasteiger partial charge < -0.3 is 4.74 Å². The maximum absolute atomic E-state index is 10.4. The van der Waals surface area contributed by atoms with Crippen LogP contribution in [0.5, 0.6) is 5.88 Å². The highest BCUT2D eigenvalue weighted by Gasteiger charge is 1.98. The third kappa shape index (κ3) is 2.55. The first-order valence-electron chi connectivity index (χ1n) is 2.99. The van der Waals surface area contributed by atoms with Crippen LogP contribution >= 0.6 is 11.6 Å². The molecule has 0 bridgehead atoms. The number of esters is 1. The van der Waals surface area contributed by atoms with E-state index >= 15 is 0 Å². The Bertz CT molecular complexity index is 275. The molecule has 3 nitrogen and oxygen atoms in total. The van der Waals surface area contributed by atoms with Crippen LogP contribution in [0, 0.1) is 0 Å². The highest BCUT2D eigenvalue weighted by molar-refractivity contribution is 6.29. The Labute approximate surface area is 69.0 Å². The zero-order chi connectivity index (χ0) is 8.27. The Hall–Kier alpha value is -1.09. The van der Waals surface area contributed by atoms with Gasteiger partial charge in [0.1, 0.15) is 5.15 Å². The molecule has 11 heavy (non-hydrogen) atoms. The number of aromatic nitrogens is 1. The van der Waals surface area contributed by atoms with Gasteiger partial charge in [-0.2, -0.15) is 0 Å². The van der Waals surface area contributed by atoms with Crippen LogP contribution in [-0.4, -0.2) is 11.0 Å². The molecule has 0 aromatic carbocycles. The zero-order valence-electron chi connectivity index (χ0n) is 5.87. The minimum absolute atomic E-state index is 0.227. The van der Waals surface area contributed by atoms with Crippen molar-refractivity contribution in [2.75, 3.05) is 0 Å². The molecule has 0 aliphatic carbocycles. The van der Waals surface area contributed by atoms with Crippen LogP contribution in [0.2, 0.25) is 5.15 Å². The number of hydrogen-bond donors (Lipinski definition) is 0. The summed E-state index contributed by atoms with van der Waals surface area (Å²) in [6, 6.07) is 4.83. The predicted molar refractivity (Wildman–Crippen MR) is 40.6 cm³/mol. The van der Waals surface area contributed by atoms with Crippen LogP contribution in [0.4, 0.5) is 0 Å². The molecular weight excluding hydrogens is 166 g/mol. The average molecular weight is 172 g/mol. The highest BCUT2D eigenvalue weighted by Crippen LogP contribution is 2.10. The number of nitrogens with zero attached hydrogens (tertiary/aromatic N) is 1. The van der Waals surface area contributed by atoms with E-state index in [4.69, 9.17) is 11.6 Å². The van der Waals surface area contributed by atoms with Crippen molar-refractivity contribution in [1.29, 1.82) is 0 Å². The molecule has 0 saturated carbocycles. The van der Waals surface area contributed by atoms with Gasteiger partial charge in [0.15, 0.2) is 0 Å². The maximum Gasteiger partial charge on any atom is 0.309 e. The van der Waals surface area contributed by atoms with E-state index in [9.17, 15) is 4.79 Å². The molecular formula is C7H6ClNO2. The summed E-state index contributed by atoms with van der Waals surface area (Å²) in [6.07, 6.45) is 0. The van der Waals surface area contributed by atoms with E-state index in [0.29, 0.717) is 5.15 Å². The average Bonchev–Trinajstić information content (AvgIpc) is 1.85. The van der Waals surface area contributed by atoms with Gasteiger partial charge in [0.05, 0.1) is 0 Å². The fraction of sp³-hybridized carbons (Fsp3) is 0.143. The second kappa shape index (κ2) is 3.34. The van der Waals surface area contributed by atoms with Gasteiger partial charge in [0, 0.05) is 13.0 Å². The molecule has 4 heteroatoms.